The van der Waals surface area contributed by atoms with Crippen molar-refractivity contribution in [2.24, 2.45) is 0 Å². The number of hydrogen-bond acceptors (Lipinski definition) is 5. The minimum Gasteiger partial charge on any atom is -0.376 e. The van der Waals surface area contributed by atoms with Crippen molar-refractivity contribution >= 4 is 17.6 Å². The molecule has 0 aromatic heterocycles. The van der Waals surface area contributed by atoms with Gasteiger partial charge in [-0.05, 0) is 73.6 Å². The molecule has 1 atom stereocenters. The predicted molar refractivity (Wildman–Crippen MR) is 130 cm³/mol. The highest BCUT2D eigenvalue weighted by molar-refractivity contribution is 5.97. The molecule has 0 aliphatic carbocycles. The number of ether oxygens (including phenoxy) is 2. The number of carbonyl (C=O) groups excluding carboxylic acids is 2. The van der Waals surface area contributed by atoms with E-state index in [1.165, 1.54) is 0 Å². The summed E-state index contributed by atoms with van der Waals surface area (Å²) in [5, 5.41) is 14.9. The maximum absolute atomic E-state index is 13.3. The van der Waals surface area contributed by atoms with Crippen LogP contribution in [0.1, 0.15) is 58.3 Å². The van der Waals surface area contributed by atoms with Crippen LogP contribution in [0.15, 0.2) is 36.4 Å². The van der Waals surface area contributed by atoms with E-state index in [4.69, 9.17) is 14.7 Å². The van der Waals surface area contributed by atoms with E-state index in [9.17, 15) is 9.59 Å². The lowest BCUT2D eigenvalue weighted by Gasteiger charge is -2.39. The summed E-state index contributed by atoms with van der Waals surface area (Å²) in [7, 11) is 0. The molecule has 5 rings (SSSR count). The summed E-state index contributed by atoms with van der Waals surface area (Å²) in [6.07, 6.45) is 3.47. The lowest BCUT2D eigenvalue weighted by atomic mass is 9.83. The first-order valence-electron chi connectivity index (χ1n) is 12.2. The smallest absolute Gasteiger partial charge is 0.319 e. The third-order valence-corrected chi connectivity index (χ3v) is 7.33. The average molecular weight is 475 g/mol. The summed E-state index contributed by atoms with van der Waals surface area (Å²) in [5.74, 6) is -0.0549. The van der Waals surface area contributed by atoms with Crippen molar-refractivity contribution in [2.45, 2.75) is 50.9 Å². The molecule has 2 saturated heterocycles. The Hall–Kier alpha value is -3.41. The fraction of sp³-hybridized carbons (Fsp3) is 0.444. The lowest BCUT2D eigenvalue weighted by Crippen LogP contribution is -2.45. The molecule has 2 aromatic rings. The van der Waals surface area contributed by atoms with E-state index in [-0.39, 0.29) is 23.6 Å². The van der Waals surface area contributed by atoms with Crippen LogP contribution >= 0.6 is 0 Å². The van der Waals surface area contributed by atoms with Gasteiger partial charge in [0.15, 0.2) is 0 Å². The zero-order valence-electron chi connectivity index (χ0n) is 19.9. The number of urea groups is 1. The lowest BCUT2D eigenvalue weighted by molar-refractivity contribution is -0.0741. The first-order valence-corrected chi connectivity index (χ1v) is 12.2. The molecule has 182 valence electrons. The molecular weight excluding hydrogens is 444 g/mol. The van der Waals surface area contributed by atoms with Gasteiger partial charge in [-0.1, -0.05) is 12.1 Å². The van der Waals surface area contributed by atoms with Crippen LogP contribution in [0.4, 0.5) is 10.5 Å². The summed E-state index contributed by atoms with van der Waals surface area (Å²) in [4.78, 5) is 27.5. The van der Waals surface area contributed by atoms with Crippen LogP contribution in [-0.4, -0.2) is 49.2 Å². The van der Waals surface area contributed by atoms with Gasteiger partial charge in [0.05, 0.1) is 29.9 Å². The van der Waals surface area contributed by atoms with Gasteiger partial charge in [0, 0.05) is 37.5 Å². The van der Waals surface area contributed by atoms with Gasteiger partial charge < -0.3 is 25.0 Å². The predicted octanol–water partition coefficient (Wildman–Crippen LogP) is 3.83. The van der Waals surface area contributed by atoms with Crippen molar-refractivity contribution in [3.8, 4) is 6.07 Å². The van der Waals surface area contributed by atoms with Crippen molar-refractivity contribution in [3.05, 3.63) is 64.2 Å². The van der Waals surface area contributed by atoms with Gasteiger partial charge in [0.25, 0.3) is 5.91 Å². The number of piperidine rings is 1. The van der Waals surface area contributed by atoms with Crippen LogP contribution in [0.25, 0.3) is 0 Å². The van der Waals surface area contributed by atoms with Crippen LogP contribution < -0.4 is 10.6 Å². The minimum absolute atomic E-state index is 0.0549. The summed E-state index contributed by atoms with van der Waals surface area (Å²) in [6, 6.07) is 13.0. The van der Waals surface area contributed by atoms with Crippen LogP contribution in [0.2, 0.25) is 0 Å². The molecule has 2 fully saturated rings. The molecule has 2 N–H and O–H groups in total. The third kappa shape index (κ3) is 4.75. The molecule has 8 heteroatoms. The number of amides is 3. The molecule has 3 heterocycles. The Morgan fingerprint density at radius 1 is 1.20 bits per heavy atom. The SMILES string of the molecule is Cc1ccc(C(=O)N2CCC3(CC2)OCc2cc(C#N)ccc23)cc1NC(=O)NC[C@H]1CCCO1. The highest BCUT2D eigenvalue weighted by Crippen LogP contribution is 2.44. The second-order valence-corrected chi connectivity index (χ2v) is 9.56. The maximum Gasteiger partial charge on any atom is 0.319 e. The van der Waals surface area contributed by atoms with Crippen molar-refractivity contribution in [3.63, 3.8) is 0 Å². The van der Waals surface area contributed by atoms with Gasteiger partial charge in [-0.25, -0.2) is 4.79 Å². The Bertz CT molecular complexity index is 1170. The van der Waals surface area contributed by atoms with E-state index in [1.807, 2.05) is 42.2 Å². The monoisotopic (exact) mass is 474 g/mol. The topological polar surface area (TPSA) is 104 Å². The molecule has 0 saturated carbocycles. The Labute approximate surface area is 205 Å². The number of aryl methyl sites for hydroxylation is 1. The van der Waals surface area contributed by atoms with Gasteiger partial charge in [-0.3, -0.25) is 4.79 Å². The summed E-state index contributed by atoms with van der Waals surface area (Å²) >= 11 is 0. The molecule has 3 aliphatic rings. The number of nitrogens with one attached hydrogen (secondary N) is 2. The fourth-order valence-electron chi connectivity index (χ4n) is 5.26. The Morgan fingerprint density at radius 3 is 2.77 bits per heavy atom. The molecule has 0 bridgehead atoms. The number of anilines is 1. The number of rotatable bonds is 4. The maximum atomic E-state index is 13.3. The molecule has 35 heavy (non-hydrogen) atoms. The first-order chi connectivity index (χ1) is 17.0. The first kappa shape index (κ1) is 23.3. The van der Waals surface area contributed by atoms with Crippen LogP contribution in [0.5, 0.6) is 0 Å². The number of nitriles is 1. The normalized spacial score (nSPS) is 20.3. The van der Waals surface area contributed by atoms with E-state index < -0.39 is 0 Å². The third-order valence-electron chi connectivity index (χ3n) is 7.33. The largest absolute Gasteiger partial charge is 0.376 e. The summed E-state index contributed by atoms with van der Waals surface area (Å²) < 4.78 is 11.8. The quantitative estimate of drug-likeness (QED) is 0.701. The number of fused-ring (bicyclic) bond motifs is 2. The van der Waals surface area contributed by atoms with E-state index in [0.29, 0.717) is 55.9 Å². The van der Waals surface area contributed by atoms with Crippen LogP contribution in [-0.2, 0) is 21.7 Å². The molecule has 3 aliphatic heterocycles. The summed E-state index contributed by atoms with van der Waals surface area (Å²) in [5.41, 5.74) is 4.51. The molecule has 2 aromatic carbocycles. The average Bonchev–Trinajstić information content (AvgIpc) is 3.52. The van der Waals surface area contributed by atoms with Gasteiger partial charge in [-0.2, -0.15) is 5.26 Å². The van der Waals surface area contributed by atoms with Crippen molar-refractivity contribution in [2.75, 3.05) is 31.6 Å². The van der Waals surface area contributed by atoms with Gasteiger partial charge in [0.1, 0.15) is 0 Å². The molecule has 0 unspecified atom stereocenters. The van der Waals surface area contributed by atoms with Gasteiger partial charge in [-0.15, -0.1) is 0 Å². The molecular formula is C27H30N4O4. The number of hydrogen-bond donors (Lipinski definition) is 2. The fourth-order valence-corrected chi connectivity index (χ4v) is 5.26. The minimum atomic E-state index is -0.388. The number of likely N-dealkylation sites (tertiary alicyclic amines) is 1. The Morgan fingerprint density at radius 2 is 2.03 bits per heavy atom. The highest BCUT2D eigenvalue weighted by atomic mass is 16.5. The Balaban J connectivity index is 1.21. The molecule has 1 spiro atoms. The molecule has 8 nitrogen and oxygen atoms in total. The van der Waals surface area contributed by atoms with Crippen LogP contribution in [0.3, 0.4) is 0 Å². The number of nitrogens with zero attached hydrogens (tertiary/aromatic N) is 2. The summed E-state index contributed by atoms with van der Waals surface area (Å²) in [6.45, 7) is 4.78. The highest BCUT2D eigenvalue weighted by Gasteiger charge is 2.43. The van der Waals surface area contributed by atoms with E-state index in [0.717, 1.165) is 36.1 Å². The Kier molecular flexibility index (Phi) is 6.46. The van der Waals surface area contributed by atoms with Gasteiger partial charge >= 0.3 is 6.03 Å². The van der Waals surface area contributed by atoms with Crippen LogP contribution in [0, 0.1) is 18.3 Å². The molecule has 0 radical (unpaired) electrons. The van der Waals surface area contributed by atoms with E-state index >= 15 is 0 Å². The molecule has 3 amide bonds. The second-order valence-electron chi connectivity index (χ2n) is 9.56. The zero-order chi connectivity index (χ0) is 24.4. The van der Waals surface area contributed by atoms with Gasteiger partial charge in [0.2, 0.25) is 0 Å². The van der Waals surface area contributed by atoms with E-state index in [2.05, 4.69) is 16.7 Å². The number of carbonyl (C=O) groups is 2. The van der Waals surface area contributed by atoms with E-state index in [1.54, 1.807) is 6.07 Å². The zero-order valence-corrected chi connectivity index (χ0v) is 19.9. The van der Waals surface area contributed by atoms with Crippen molar-refractivity contribution < 1.29 is 19.1 Å². The van der Waals surface area contributed by atoms with Crippen molar-refractivity contribution in [1.29, 1.82) is 5.26 Å². The standard InChI is InChI=1S/C27H30N4O4/c1-18-4-6-20(14-24(18)30-26(33)29-16-22-3-2-12-34-22)25(32)31-10-8-27(9-11-31)23-7-5-19(15-28)13-21(23)17-35-27/h4-7,13-14,22H,2-3,8-12,16-17H2,1H3,(H2,29,30,33)/t22-/m1/s1. The number of benzene rings is 2. The second kappa shape index (κ2) is 9.68. The van der Waals surface area contributed by atoms with Crippen molar-refractivity contribution in [1.82, 2.24) is 10.2 Å².